The summed E-state index contributed by atoms with van der Waals surface area (Å²) in [6.45, 7) is 2.31. The quantitative estimate of drug-likeness (QED) is 0.821. The highest BCUT2D eigenvalue weighted by molar-refractivity contribution is 8.18. The maximum atomic E-state index is 13.0. The molecule has 2 aromatic carbocycles. The molecule has 3 rings (SSSR count). The van der Waals surface area contributed by atoms with Crippen molar-refractivity contribution in [2.24, 2.45) is 4.99 Å². The maximum Gasteiger partial charge on any atom is 0.335 e. The Morgan fingerprint density at radius 2 is 1.85 bits per heavy atom. The zero-order chi connectivity index (χ0) is 18.7. The van der Waals surface area contributed by atoms with Crippen LogP contribution in [0.3, 0.4) is 0 Å². The normalized spacial score (nSPS) is 17.3. The van der Waals surface area contributed by atoms with E-state index >= 15 is 0 Å². The zero-order valence-corrected chi connectivity index (χ0v) is 14.7. The van der Waals surface area contributed by atoms with Gasteiger partial charge in [-0.3, -0.25) is 9.69 Å². The molecule has 0 aliphatic carbocycles. The number of aromatic carboxylic acids is 1. The molecule has 1 heterocycles. The zero-order valence-electron chi connectivity index (χ0n) is 13.8. The van der Waals surface area contributed by atoms with Crippen LogP contribution >= 0.6 is 11.8 Å². The maximum absolute atomic E-state index is 13.0. The number of carboxylic acid groups (broad SMARTS) is 1. The first-order valence-electron chi connectivity index (χ1n) is 7.87. The summed E-state index contributed by atoms with van der Waals surface area (Å²) in [6, 6.07) is 12.0. The van der Waals surface area contributed by atoms with Gasteiger partial charge in [-0.25, -0.2) is 14.2 Å². The van der Waals surface area contributed by atoms with Gasteiger partial charge < -0.3 is 5.11 Å². The molecule has 0 unspecified atom stereocenters. The van der Waals surface area contributed by atoms with Crippen LogP contribution in [0.4, 0.5) is 10.1 Å². The molecule has 0 aromatic heterocycles. The Morgan fingerprint density at radius 1 is 1.19 bits per heavy atom. The van der Waals surface area contributed by atoms with E-state index < -0.39 is 5.97 Å². The molecule has 0 spiro atoms. The molecular formula is C19H15FN2O3S. The van der Waals surface area contributed by atoms with Crippen LogP contribution < -0.4 is 0 Å². The van der Waals surface area contributed by atoms with Gasteiger partial charge in [-0.15, -0.1) is 0 Å². The van der Waals surface area contributed by atoms with E-state index in [0.29, 0.717) is 22.3 Å². The van der Waals surface area contributed by atoms with Gasteiger partial charge in [0.05, 0.1) is 16.2 Å². The van der Waals surface area contributed by atoms with Crippen LogP contribution in [0, 0.1) is 5.82 Å². The van der Waals surface area contributed by atoms with Gasteiger partial charge in [0.15, 0.2) is 5.17 Å². The Hall–Kier alpha value is -2.93. The molecule has 1 aliphatic rings. The fourth-order valence-electron chi connectivity index (χ4n) is 2.37. The summed E-state index contributed by atoms with van der Waals surface area (Å²) in [7, 11) is 0. The number of carbonyl (C=O) groups is 2. The van der Waals surface area contributed by atoms with Crippen molar-refractivity contribution in [2.45, 2.75) is 6.92 Å². The van der Waals surface area contributed by atoms with Crippen molar-refractivity contribution in [1.82, 2.24) is 4.90 Å². The highest BCUT2D eigenvalue weighted by Crippen LogP contribution is 2.34. The lowest BCUT2D eigenvalue weighted by atomic mass is 10.1. The molecule has 1 amide bonds. The highest BCUT2D eigenvalue weighted by Gasteiger charge is 2.32. The number of likely N-dealkylation sites (N-methyl/N-ethyl adjacent to an activating group) is 1. The molecule has 1 saturated heterocycles. The molecule has 1 N–H and O–H groups in total. The van der Waals surface area contributed by atoms with Gasteiger partial charge in [0, 0.05) is 6.54 Å². The van der Waals surface area contributed by atoms with Crippen molar-refractivity contribution in [3.8, 4) is 0 Å². The van der Waals surface area contributed by atoms with E-state index in [-0.39, 0.29) is 17.3 Å². The van der Waals surface area contributed by atoms with Crippen molar-refractivity contribution in [2.75, 3.05) is 6.54 Å². The first-order valence-corrected chi connectivity index (χ1v) is 8.68. The first kappa shape index (κ1) is 17.9. The van der Waals surface area contributed by atoms with Crippen LogP contribution in [-0.2, 0) is 4.79 Å². The van der Waals surface area contributed by atoms with Gasteiger partial charge in [0.1, 0.15) is 5.82 Å². The Morgan fingerprint density at radius 3 is 2.42 bits per heavy atom. The average molecular weight is 370 g/mol. The number of carboxylic acids is 1. The number of thioether (sulfide) groups is 1. The van der Waals surface area contributed by atoms with Gasteiger partial charge in [0.2, 0.25) is 0 Å². The lowest BCUT2D eigenvalue weighted by Crippen LogP contribution is -2.28. The van der Waals surface area contributed by atoms with Crippen LogP contribution in [0.15, 0.2) is 58.4 Å². The van der Waals surface area contributed by atoms with Crippen molar-refractivity contribution < 1.29 is 19.1 Å². The Labute approximate surface area is 153 Å². The number of halogens is 1. The molecule has 0 bridgehead atoms. The van der Waals surface area contributed by atoms with E-state index in [4.69, 9.17) is 5.11 Å². The standard InChI is InChI=1S/C19H15FN2O3S/c1-2-22-17(23)16(11-12-3-5-13(6-4-12)18(24)25)26-19(22)21-15-9-7-14(20)8-10-15/h3-11H,2H2,1H3,(H,24,25)/b16-11+,21-19?. The second kappa shape index (κ2) is 7.53. The summed E-state index contributed by atoms with van der Waals surface area (Å²) < 4.78 is 13.0. The predicted molar refractivity (Wildman–Crippen MR) is 99.9 cm³/mol. The summed E-state index contributed by atoms with van der Waals surface area (Å²) in [5, 5.41) is 9.47. The molecule has 7 heteroatoms. The predicted octanol–water partition coefficient (Wildman–Crippen LogP) is 4.15. The third-order valence-corrected chi connectivity index (χ3v) is 4.72. The fraction of sp³-hybridized carbons (Fsp3) is 0.105. The Kier molecular flexibility index (Phi) is 5.18. The second-order valence-electron chi connectivity index (χ2n) is 5.46. The van der Waals surface area contributed by atoms with Crippen molar-refractivity contribution >= 4 is 40.6 Å². The minimum atomic E-state index is -0.999. The SMILES string of the molecule is CCN1C(=O)/C(=C\c2ccc(C(=O)O)cc2)SC1=Nc1ccc(F)cc1. The van der Waals surface area contributed by atoms with Crippen LogP contribution in [0.5, 0.6) is 0 Å². The molecule has 0 radical (unpaired) electrons. The molecule has 2 aromatic rings. The molecule has 5 nitrogen and oxygen atoms in total. The van der Waals surface area contributed by atoms with Gasteiger partial charge >= 0.3 is 5.97 Å². The van der Waals surface area contributed by atoms with E-state index in [2.05, 4.69) is 4.99 Å². The smallest absolute Gasteiger partial charge is 0.335 e. The highest BCUT2D eigenvalue weighted by atomic mass is 32.2. The second-order valence-corrected chi connectivity index (χ2v) is 6.47. The van der Waals surface area contributed by atoms with E-state index in [1.807, 2.05) is 6.92 Å². The van der Waals surface area contributed by atoms with E-state index in [1.54, 1.807) is 35.2 Å². The van der Waals surface area contributed by atoms with Gasteiger partial charge in [-0.05, 0) is 66.7 Å². The summed E-state index contributed by atoms with van der Waals surface area (Å²) in [5.74, 6) is -1.51. The first-order chi connectivity index (χ1) is 12.5. The molecule has 1 aliphatic heterocycles. The third kappa shape index (κ3) is 3.83. The van der Waals surface area contributed by atoms with Crippen molar-refractivity contribution in [1.29, 1.82) is 0 Å². The number of amides is 1. The number of nitrogens with zero attached hydrogens (tertiary/aromatic N) is 2. The number of aliphatic imine (C=N–C) groups is 1. The van der Waals surface area contributed by atoms with Crippen LogP contribution in [0.25, 0.3) is 6.08 Å². The summed E-state index contributed by atoms with van der Waals surface area (Å²) >= 11 is 1.23. The van der Waals surface area contributed by atoms with Crippen LogP contribution in [-0.4, -0.2) is 33.6 Å². The lowest BCUT2D eigenvalue weighted by Gasteiger charge is -2.11. The Balaban J connectivity index is 1.88. The summed E-state index contributed by atoms with van der Waals surface area (Å²) in [5.41, 5.74) is 1.48. The number of carbonyl (C=O) groups excluding carboxylic acids is 1. The number of hydrogen-bond acceptors (Lipinski definition) is 4. The number of benzene rings is 2. The molecule has 1 fully saturated rings. The molecule has 0 atom stereocenters. The van der Waals surface area contributed by atoms with E-state index in [0.717, 1.165) is 5.56 Å². The fourth-order valence-corrected chi connectivity index (χ4v) is 3.43. The van der Waals surface area contributed by atoms with Gasteiger partial charge in [0.25, 0.3) is 5.91 Å². The number of amidine groups is 1. The van der Waals surface area contributed by atoms with Gasteiger partial charge in [-0.1, -0.05) is 12.1 Å². The lowest BCUT2D eigenvalue weighted by molar-refractivity contribution is -0.122. The third-order valence-electron chi connectivity index (χ3n) is 3.71. The van der Waals surface area contributed by atoms with E-state index in [1.165, 1.54) is 36.0 Å². The minimum absolute atomic E-state index is 0.166. The van der Waals surface area contributed by atoms with Crippen molar-refractivity contribution in [3.05, 3.63) is 70.4 Å². The molecule has 0 saturated carbocycles. The summed E-state index contributed by atoms with van der Waals surface area (Å²) in [4.78, 5) is 30.0. The van der Waals surface area contributed by atoms with Gasteiger partial charge in [-0.2, -0.15) is 0 Å². The summed E-state index contributed by atoms with van der Waals surface area (Å²) in [6.07, 6.45) is 1.70. The number of rotatable bonds is 4. The van der Waals surface area contributed by atoms with Crippen molar-refractivity contribution in [3.63, 3.8) is 0 Å². The molecule has 26 heavy (non-hydrogen) atoms. The van der Waals surface area contributed by atoms with Crippen LogP contribution in [0.1, 0.15) is 22.8 Å². The number of hydrogen-bond donors (Lipinski definition) is 1. The minimum Gasteiger partial charge on any atom is -0.478 e. The Bertz CT molecular complexity index is 905. The average Bonchev–Trinajstić information content (AvgIpc) is 2.92. The van der Waals surface area contributed by atoms with E-state index in [9.17, 15) is 14.0 Å². The molecule has 132 valence electrons. The topological polar surface area (TPSA) is 70.0 Å². The largest absolute Gasteiger partial charge is 0.478 e. The molecular weight excluding hydrogens is 355 g/mol. The monoisotopic (exact) mass is 370 g/mol. The van der Waals surface area contributed by atoms with Crippen LogP contribution in [0.2, 0.25) is 0 Å².